The molecule has 0 aromatic carbocycles. The summed E-state index contributed by atoms with van der Waals surface area (Å²) in [6.45, 7) is 9.17. The molecule has 28 heavy (non-hydrogen) atoms. The van der Waals surface area contributed by atoms with E-state index in [1.165, 1.54) is 18.5 Å². The van der Waals surface area contributed by atoms with Gasteiger partial charge in [-0.15, -0.1) is 0 Å². The van der Waals surface area contributed by atoms with E-state index >= 15 is 0 Å². The first-order valence-corrected chi connectivity index (χ1v) is 10.7. The number of nitrogens with zero attached hydrogens (tertiary/aromatic N) is 4. The number of H-pyrrole nitrogens is 1. The molecule has 2 bridgehead atoms. The molecule has 5 heterocycles. The van der Waals surface area contributed by atoms with Crippen LogP contribution in [0.25, 0.3) is 11.0 Å². The summed E-state index contributed by atoms with van der Waals surface area (Å²) in [7, 11) is 0. The molecule has 3 fully saturated rings. The minimum Gasteiger partial charge on any atom is -0.377 e. The fraction of sp³-hybridized carbons (Fsp3) is 0.714. The van der Waals surface area contributed by atoms with Crippen molar-refractivity contribution in [2.45, 2.75) is 76.8 Å². The summed E-state index contributed by atoms with van der Waals surface area (Å²) in [5.74, 6) is 1.07. The number of fused-ring (bicyclic) bond motifs is 3. The maximum Gasteiger partial charge on any atom is 0.159 e. The molecule has 7 heteroatoms. The molecule has 3 unspecified atom stereocenters. The van der Waals surface area contributed by atoms with Crippen molar-refractivity contribution in [2.24, 2.45) is 0 Å². The van der Waals surface area contributed by atoms with Gasteiger partial charge in [-0.1, -0.05) is 0 Å². The highest BCUT2D eigenvalue weighted by molar-refractivity contribution is 5.91. The van der Waals surface area contributed by atoms with Crippen LogP contribution in [0, 0.1) is 0 Å². The predicted octanol–water partition coefficient (Wildman–Crippen LogP) is 3.11. The maximum atomic E-state index is 6.09. The molecule has 4 atom stereocenters. The van der Waals surface area contributed by atoms with Crippen molar-refractivity contribution >= 4 is 22.5 Å². The van der Waals surface area contributed by atoms with Gasteiger partial charge in [0.1, 0.15) is 5.82 Å². The number of morpholine rings is 1. The number of nitrogens with one attached hydrogen (secondary N) is 1. The number of piperidine rings is 1. The Morgan fingerprint density at radius 2 is 2.00 bits per heavy atom. The quantitative estimate of drug-likeness (QED) is 0.872. The monoisotopic (exact) mass is 385 g/mol. The van der Waals surface area contributed by atoms with E-state index in [9.17, 15) is 0 Å². The van der Waals surface area contributed by atoms with Crippen LogP contribution in [0.3, 0.4) is 0 Å². The van der Waals surface area contributed by atoms with Gasteiger partial charge in [0.2, 0.25) is 0 Å². The molecule has 1 N–H and O–H groups in total. The predicted molar refractivity (Wildman–Crippen MR) is 110 cm³/mol. The number of pyridine rings is 1. The highest BCUT2D eigenvalue weighted by Crippen LogP contribution is 2.38. The van der Waals surface area contributed by atoms with Gasteiger partial charge in [-0.25, -0.2) is 4.98 Å². The molecular formula is C21H31N5O2. The molecular weight excluding hydrogens is 354 g/mol. The van der Waals surface area contributed by atoms with Crippen molar-refractivity contribution in [1.29, 1.82) is 0 Å². The first kappa shape index (κ1) is 18.2. The molecule has 0 saturated carbocycles. The maximum absolute atomic E-state index is 6.09. The highest BCUT2D eigenvalue weighted by atomic mass is 16.5. The zero-order valence-electron chi connectivity index (χ0n) is 17.1. The second kappa shape index (κ2) is 7.19. The summed E-state index contributed by atoms with van der Waals surface area (Å²) in [6, 6.07) is 3.60. The lowest BCUT2D eigenvalue weighted by Crippen LogP contribution is -2.47. The molecule has 3 saturated heterocycles. The Morgan fingerprint density at radius 1 is 1.21 bits per heavy atom. The minimum atomic E-state index is 0.286. The average molecular weight is 386 g/mol. The third-order valence-electron chi connectivity index (χ3n) is 6.49. The van der Waals surface area contributed by atoms with Gasteiger partial charge in [0.05, 0.1) is 54.8 Å². The van der Waals surface area contributed by atoms with E-state index < -0.39 is 0 Å². The van der Waals surface area contributed by atoms with Crippen LogP contribution in [-0.2, 0) is 9.47 Å². The Balaban J connectivity index is 1.47. The van der Waals surface area contributed by atoms with Crippen LogP contribution in [0.4, 0.5) is 11.5 Å². The van der Waals surface area contributed by atoms with Crippen LogP contribution >= 0.6 is 0 Å². The number of anilines is 2. The van der Waals surface area contributed by atoms with Crippen LogP contribution in [0.5, 0.6) is 0 Å². The normalized spacial score (nSPS) is 30.6. The first-order valence-electron chi connectivity index (χ1n) is 10.7. The first-order chi connectivity index (χ1) is 13.6. The van der Waals surface area contributed by atoms with E-state index in [2.05, 4.69) is 46.8 Å². The summed E-state index contributed by atoms with van der Waals surface area (Å²) in [4.78, 5) is 9.95. The fourth-order valence-corrected chi connectivity index (χ4v) is 5.27. The molecule has 0 spiro atoms. The lowest BCUT2D eigenvalue weighted by molar-refractivity contribution is -0.0107. The minimum absolute atomic E-state index is 0.286. The van der Waals surface area contributed by atoms with E-state index in [4.69, 9.17) is 14.5 Å². The van der Waals surface area contributed by atoms with Gasteiger partial charge in [0, 0.05) is 18.7 Å². The second-order valence-corrected chi connectivity index (χ2v) is 8.84. The van der Waals surface area contributed by atoms with Crippen molar-refractivity contribution in [3.63, 3.8) is 0 Å². The van der Waals surface area contributed by atoms with Gasteiger partial charge >= 0.3 is 0 Å². The number of aromatic amines is 1. The van der Waals surface area contributed by atoms with Crippen LogP contribution in [-0.4, -0.2) is 65.3 Å². The summed E-state index contributed by atoms with van der Waals surface area (Å²) >= 11 is 0. The fourth-order valence-electron chi connectivity index (χ4n) is 5.27. The molecule has 0 radical (unpaired) electrons. The van der Waals surface area contributed by atoms with Crippen molar-refractivity contribution in [1.82, 2.24) is 15.2 Å². The molecule has 3 aliphatic rings. The van der Waals surface area contributed by atoms with E-state index in [-0.39, 0.29) is 6.10 Å². The second-order valence-electron chi connectivity index (χ2n) is 8.84. The smallest absolute Gasteiger partial charge is 0.159 e. The zero-order chi connectivity index (χ0) is 19.3. The molecule has 2 aromatic heterocycles. The zero-order valence-corrected chi connectivity index (χ0v) is 17.1. The molecule has 152 valence electrons. The third-order valence-corrected chi connectivity index (χ3v) is 6.49. The Bertz CT molecular complexity index is 821. The number of aromatic nitrogens is 3. The van der Waals surface area contributed by atoms with E-state index in [1.807, 2.05) is 6.20 Å². The van der Waals surface area contributed by atoms with Gasteiger partial charge in [0.15, 0.2) is 5.65 Å². The van der Waals surface area contributed by atoms with Gasteiger partial charge in [0.25, 0.3) is 0 Å². The number of hydrogen-bond acceptors (Lipinski definition) is 6. The average Bonchev–Trinajstić information content (AvgIpc) is 3.22. The molecule has 7 nitrogen and oxygen atoms in total. The van der Waals surface area contributed by atoms with E-state index in [0.717, 1.165) is 49.5 Å². The largest absolute Gasteiger partial charge is 0.377 e. The van der Waals surface area contributed by atoms with Crippen LogP contribution in [0.15, 0.2) is 12.3 Å². The van der Waals surface area contributed by atoms with Crippen molar-refractivity contribution < 1.29 is 9.47 Å². The van der Waals surface area contributed by atoms with Crippen molar-refractivity contribution in [3.8, 4) is 0 Å². The Kier molecular flexibility index (Phi) is 4.67. The molecule has 0 amide bonds. The van der Waals surface area contributed by atoms with Gasteiger partial charge < -0.3 is 19.3 Å². The Hall–Kier alpha value is -1.86. The van der Waals surface area contributed by atoms with Crippen LogP contribution < -0.4 is 9.80 Å². The van der Waals surface area contributed by atoms with Crippen LogP contribution in [0.1, 0.15) is 46.5 Å². The lowest BCUT2D eigenvalue weighted by atomic mass is 9.99. The van der Waals surface area contributed by atoms with E-state index in [1.54, 1.807) is 0 Å². The molecule has 2 aromatic rings. The number of hydrogen-bond donors (Lipinski definition) is 1. The van der Waals surface area contributed by atoms with E-state index in [0.29, 0.717) is 24.2 Å². The topological polar surface area (TPSA) is 66.5 Å². The SMILES string of the molecule is CC(C)OC1CCN(c2cc(N3C4CCC3COC4)nc3[nH]ncc23)[C@H](C)C1. The molecule has 5 rings (SSSR count). The third kappa shape index (κ3) is 3.14. The number of ether oxygens (including phenoxy) is 2. The molecule has 0 aliphatic carbocycles. The highest BCUT2D eigenvalue weighted by Gasteiger charge is 2.39. The summed E-state index contributed by atoms with van der Waals surface area (Å²) < 4.78 is 11.9. The standard InChI is InChI=1S/C21H31N5O2/c1-13(2)28-17-6-7-25(14(3)8-17)19-9-20(23-21-18(19)10-22-24-21)26-15-4-5-16(26)12-27-11-15/h9-10,13-17H,4-8,11-12H2,1-3H3,(H,22,23,24)/t14-,15?,16?,17?/m1/s1. The Labute approximate surface area is 166 Å². The summed E-state index contributed by atoms with van der Waals surface area (Å²) in [5.41, 5.74) is 2.13. The Morgan fingerprint density at radius 3 is 2.71 bits per heavy atom. The van der Waals surface area contributed by atoms with Crippen molar-refractivity contribution in [2.75, 3.05) is 29.6 Å². The number of rotatable bonds is 4. The van der Waals surface area contributed by atoms with Crippen molar-refractivity contribution in [3.05, 3.63) is 12.3 Å². The van der Waals surface area contributed by atoms with Crippen LogP contribution in [0.2, 0.25) is 0 Å². The van der Waals surface area contributed by atoms with Gasteiger partial charge in [-0.2, -0.15) is 5.10 Å². The summed E-state index contributed by atoms with van der Waals surface area (Å²) in [5, 5.41) is 8.51. The van der Waals surface area contributed by atoms with Gasteiger partial charge in [-0.3, -0.25) is 5.10 Å². The lowest BCUT2D eigenvalue weighted by Gasteiger charge is -2.41. The van der Waals surface area contributed by atoms with Gasteiger partial charge in [-0.05, 0) is 46.5 Å². The summed E-state index contributed by atoms with van der Waals surface area (Å²) in [6.07, 6.45) is 7.05. The molecule has 3 aliphatic heterocycles.